The average molecular weight is 314 g/mol. The molecular weight excluding hydrogens is 292 g/mol. The lowest BCUT2D eigenvalue weighted by atomic mass is 10.2. The van der Waals surface area contributed by atoms with Crippen LogP contribution in [0, 0.1) is 0 Å². The average Bonchev–Trinajstić information content (AvgIpc) is 2.60. The first-order valence-electron chi connectivity index (χ1n) is 7.64. The van der Waals surface area contributed by atoms with E-state index < -0.39 is 5.97 Å². The van der Waals surface area contributed by atoms with Crippen LogP contribution in [0.1, 0.15) is 46.9 Å². The van der Waals surface area contributed by atoms with Gasteiger partial charge in [0.1, 0.15) is 17.6 Å². The van der Waals surface area contributed by atoms with Crippen molar-refractivity contribution in [2.24, 2.45) is 0 Å². The molecule has 1 N–H and O–H groups in total. The first-order chi connectivity index (χ1) is 11.2. The van der Waals surface area contributed by atoms with Crippen LogP contribution in [0.25, 0.3) is 0 Å². The fraction of sp³-hybridized carbons (Fsp3) is 0.263. The Labute approximate surface area is 136 Å². The van der Waals surface area contributed by atoms with E-state index in [1.807, 2.05) is 18.2 Å². The van der Waals surface area contributed by atoms with E-state index in [1.54, 1.807) is 30.3 Å². The molecule has 0 unspecified atom stereocenters. The lowest BCUT2D eigenvalue weighted by molar-refractivity contribution is 0.0495. The van der Waals surface area contributed by atoms with Crippen LogP contribution in [0.2, 0.25) is 0 Å². The Hall–Kier alpha value is -2.62. The van der Waals surface area contributed by atoms with Gasteiger partial charge in [0, 0.05) is 5.56 Å². The van der Waals surface area contributed by atoms with E-state index in [9.17, 15) is 14.7 Å². The summed E-state index contributed by atoms with van der Waals surface area (Å²) in [5, 5.41) is 9.38. The third-order valence-electron chi connectivity index (χ3n) is 3.04. The lowest BCUT2D eigenvalue weighted by Gasteiger charge is -2.05. The van der Waals surface area contributed by atoms with E-state index in [2.05, 4.69) is 6.92 Å². The number of aldehydes is 1. The maximum Gasteiger partial charge on any atom is 0.341 e. The fourth-order valence-corrected chi connectivity index (χ4v) is 1.77. The minimum absolute atomic E-state index is 0.0296. The third-order valence-corrected chi connectivity index (χ3v) is 3.04. The molecule has 0 saturated carbocycles. The second-order valence-electron chi connectivity index (χ2n) is 4.89. The number of ether oxygens (including phenoxy) is 1. The van der Waals surface area contributed by atoms with Crippen molar-refractivity contribution in [1.29, 1.82) is 0 Å². The molecule has 23 heavy (non-hydrogen) atoms. The van der Waals surface area contributed by atoms with E-state index in [1.165, 1.54) is 6.07 Å². The van der Waals surface area contributed by atoms with Gasteiger partial charge in [-0.2, -0.15) is 0 Å². The summed E-state index contributed by atoms with van der Waals surface area (Å²) in [6.07, 6.45) is 3.85. The highest BCUT2D eigenvalue weighted by Gasteiger charge is 2.10. The molecule has 2 aromatic carbocycles. The molecular formula is C19H22O4. The second-order valence-corrected chi connectivity index (χ2v) is 4.89. The number of benzene rings is 2. The summed E-state index contributed by atoms with van der Waals surface area (Å²) in [5.41, 5.74) is 0.960. The molecule has 0 aliphatic carbocycles. The third kappa shape index (κ3) is 7.27. The zero-order valence-corrected chi connectivity index (χ0v) is 13.3. The number of para-hydroxylation sites is 1. The molecule has 4 heteroatoms. The predicted molar refractivity (Wildman–Crippen MR) is 89.7 cm³/mol. The quantitative estimate of drug-likeness (QED) is 0.492. The van der Waals surface area contributed by atoms with Gasteiger partial charge in [-0.05, 0) is 18.6 Å². The number of unbranched alkanes of at least 4 members (excludes halogenated alkanes) is 2. The highest BCUT2D eigenvalue weighted by atomic mass is 16.5. The van der Waals surface area contributed by atoms with Crippen LogP contribution in [0.15, 0.2) is 54.6 Å². The molecule has 0 fully saturated rings. The lowest BCUT2D eigenvalue weighted by Crippen LogP contribution is -2.06. The van der Waals surface area contributed by atoms with Crippen molar-refractivity contribution < 1.29 is 19.4 Å². The highest BCUT2D eigenvalue weighted by Crippen LogP contribution is 2.16. The van der Waals surface area contributed by atoms with Crippen LogP contribution in [0.5, 0.6) is 5.75 Å². The Bertz CT molecular complexity index is 593. The molecule has 2 rings (SSSR count). The van der Waals surface area contributed by atoms with Gasteiger partial charge in [0.2, 0.25) is 0 Å². The van der Waals surface area contributed by atoms with Gasteiger partial charge in [-0.25, -0.2) is 4.79 Å². The Morgan fingerprint density at radius 3 is 2.26 bits per heavy atom. The summed E-state index contributed by atoms with van der Waals surface area (Å²) in [6.45, 7) is 2.51. The van der Waals surface area contributed by atoms with Gasteiger partial charge in [0.05, 0.1) is 6.61 Å². The number of hydrogen-bond acceptors (Lipinski definition) is 4. The maximum atomic E-state index is 11.4. The van der Waals surface area contributed by atoms with Crippen LogP contribution < -0.4 is 0 Å². The molecule has 0 bridgehead atoms. The fourth-order valence-electron chi connectivity index (χ4n) is 1.77. The Balaban J connectivity index is 0.000000277. The van der Waals surface area contributed by atoms with E-state index >= 15 is 0 Å². The normalized spacial score (nSPS) is 9.43. The number of aromatic hydroxyl groups is 1. The van der Waals surface area contributed by atoms with Crippen molar-refractivity contribution in [3.63, 3.8) is 0 Å². The summed E-state index contributed by atoms with van der Waals surface area (Å²) in [4.78, 5) is 21.5. The zero-order valence-electron chi connectivity index (χ0n) is 13.3. The highest BCUT2D eigenvalue weighted by molar-refractivity contribution is 5.92. The maximum absolute atomic E-state index is 11.4. The van der Waals surface area contributed by atoms with Crippen LogP contribution in [0.3, 0.4) is 0 Å². The molecule has 0 aromatic heterocycles. The van der Waals surface area contributed by atoms with Crippen molar-refractivity contribution in [2.45, 2.75) is 26.2 Å². The number of phenols is 1. The van der Waals surface area contributed by atoms with Crippen molar-refractivity contribution >= 4 is 12.3 Å². The minimum atomic E-state index is -0.454. The molecule has 0 aliphatic heterocycles. The number of hydrogen-bond donors (Lipinski definition) is 1. The van der Waals surface area contributed by atoms with Crippen LogP contribution in [-0.4, -0.2) is 24.0 Å². The van der Waals surface area contributed by atoms with Gasteiger partial charge in [-0.1, -0.05) is 62.2 Å². The van der Waals surface area contributed by atoms with Crippen LogP contribution in [0.4, 0.5) is 0 Å². The van der Waals surface area contributed by atoms with E-state index in [0.717, 1.165) is 31.1 Å². The Kier molecular flexibility index (Phi) is 8.83. The molecule has 0 amide bonds. The van der Waals surface area contributed by atoms with E-state index in [-0.39, 0.29) is 11.3 Å². The van der Waals surface area contributed by atoms with Crippen molar-refractivity contribution in [3.05, 3.63) is 65.7 Å². The van der Waals surface area contributed by atoms with Gasteiger partial charge in [0.15, 0.2) is 0 Å². The molecule has 0 radical (unpaired) electrons. The first-order valence-corrected chi connectivity index (χ1v) is 7.64. The molecule has 0 saturated heterocycles. The standard InChI is InChI=1S/C12H16O3.C7H6O/c1-2-3-6-9-15-12(14)10-7-4-5-8-11(10)13;8-6-7-4-2-1-3-5-7/h4-5,7-8,13H,2-3,6,9H2,1H3;1-6H. The molecule has 4 nitrogen and oxygen atoms in total. The summed E-state index contributed by atoms with van der Waals surface area (Å²) < 4.78 is 5.01. The topological polar surface area (TPSA) is 63.6 Å². The minimum Gasteiger partial charge on any atom is -0.507 e. The van der Waals surface area contributed by atoms with E-state index in [0.29, 0.717) is 6.61 Å². The predicted octanol–water partition coefficient (Wildman–Crippen LogP) is 4.24. The molecule has 0 spiro atoms. The summed E-state index contributed by atoms with van der Waals surface area (Å²) in [5.74, 6) is -0.484. The van der Waals surface area contributed by atoms with E-state index in [4.69, 9.17) is 4.74 Å². The smallest absolute Gasteiger partial charge is 0.341 e. The monoisotopic (exact) mass is 314 g/mol. The number of carbonyl (C=O) groups excluding carboxylic acids is 2. The van der Waals surface area contributed by atoms with Gasteiger partial charge < -0.3 is 9.84 Å². The van der Waals surface area contributed by atoms with Gasteiger partial charge >= 0.3 is 5.97 Å². The molecule has 122 valence electrons. The first kappa shape index (κ1) is 18.4. The second kappa shape index (κ2) is 11.0. The largest absolute Gasteiger partial charge is 0.507 e. The molecule has 0 atom stereocenters. The van der Waals surface area contributed by atoms with Gasteiger partial charge in [-0.3, -0.25) is 4.79 Å². The molecule has 2 aromatic rings. The van der Waals surface area contributed by atoms with Crippen molar-refractivity contribution in [2.75, 3.05) is 6.61 Å². The Morgan fingerprint density at radius 2 is 1.70 bits per heavy atom. The van der Waals surface area contributed by atoms with Crippen molar-refractivity contribution in [3.8, 4) is 5.75 Å². The zero-order chi connectivity index (χ0) is 16.9. The van der Waals surface area contributed by atoms with Crippen LogP contribution >= 0.6 is 0 Å². The van der Waals surface area contributed by atoms with Gasteiger partial charge in [-0.15, -0.1) is 0 Å². The van der Waals surface area contributed by atoms with Gasteiger partial charge in [0.25, 0.3) is 0 Å². The van der Waals surface area contributed by atoms with Crippen LogP contribution in [-0.2, 0) is 4.74 Å². The van der Waals surface area contributed by atoms with Crippen molar-refractivity contribution in [1.82, 2.24) is 0 Å². The summed E-state index contributed by atoms with van der Waals surface area (Å²) >= 11 is 0. The summed E-state index contributed by atoms with van der Waals surface area (Å²) in [6, 6.07) is 15.5. The number of esters is 1. The Morgan fingerprint density at radius 1 is 1.04 bits per heavy atom. The number of carbonyl (C=O) groups is 2. The molecule has 0 aliphatic rings. The summed E-state index contributed by atoms with van der Waals surface area (Å²) in [7, 11) is 0. The number of phenolic OH excluding ortho intramolecular Hbond substituents is 1. The molecule has 0 heterocycles. The number of rotatable bonds is 6. The SMILES string of the molecule is CCCCCOC(=O)c1ccccc1O.O=Cc1ccccc1.